The van der Waals surface area contributed by atoms with Crippen molar-refractivity contribution in [3.05, 3.63) is 51.5 Å². The Bertz CT molecular complexity index is 795. The van der Waals surface area contributed by atoms with Crippen molar-refractivity contribution in [3.8, 4) is 0 Å². The Morgan fingerprint density at radius 3 is 2.43 bits per heavy atom. The second kappa shape index (κ2) is 5.78. The van der Waals surface area contributed by atoms with E-state index < -0.39 is 26.6 Å². The van der Waals surface area contributed by atoms with Gasteiger partial charge in [-0.3, -0.25) is 4.72 Å². The Balaban J connectivity index is 2.48. The van der Waals surface area contributed by atoms with Crippen LogP contribution in [0.25, 0.3) is 0 Å². The molecular formula is C12H8BrClF2N2O2S. The van der Waals surface area contributed by atoms with Crippen molar-refractivity contribution in [2.75, 3.05) is 10.5 Å². The predicted molar refractivity (Wildman–Crippen MR) is 80.7 cm³/mol. The third kappa shape index (κ3) is 3.63. The minimum Gasteiger partial charge on any atom is -0.399 e. The molecule has 0 aliphatic heterocycles. The number of nitrogen functional groups attached to an aromatic ring is 1. The average molecular weight is 398 g/mol. The number of anilines is 2. The van der Waals surface area contributed by atoms with E-state index in [0.29, 0.717) is 0 Å². The zero-order valence-corrected chi connectivity index (χ0v) is 13.4. The highest BCUT2D eigenvalue weighted by atomic mass is 79.9. The van der Waals surface area contributed by atoms with Gasteiger partial charge in [0.2, 0.25) is 0 Å². The molecule has 0 radical (unpaired) electrons. The molecule has 0 aliphatic rings. The van der Waals surface area contributed by atoms with Crippen LogP contribution >= 0.6 is 27.5 Å². The molecule has 9 heteroatoms. The summed E-state index contributed by atoms with van der Waals surface area (Å²) in [6.45, 7) is 0. The van der Waals surface area contributed by atoms with Crippen molar-refractivity contribution in [1.82, 2.24) is 0 Å². The van der Waals surface area contributed by atoms with E-state index in [2.05, 4.69) is 15.9 Å². The minimum atomic E-state index is -4.28. The molecular weight excluding hydrogens is 390 g/mol. The first-order valence-corrected chi connectivity index (χ1v) is 8.08. The maximum absolute atomic E-state index is 13.9. The quantitative estimate of drug-likeness (QED) is 0.775. The van der Waals surface area contributed by atoms with Crippen LogP contribution in [0.4, 0.5) is 20.2 Å². The largest absolute Gasteiger partial charge is 0.399 e. The number of sulfonamides is 1. The molecule has 0 spiro atoms. The Labute approximate surface area is 133 Å². The molecule has 2 rings (SSSR count). The van der Waals surface area contributed by atoms with Crippen LogP contribution < -0.4 is 10.5 Å². The first-order valence-electron chi connectivity index (χ1n) is 5.42. The zero-order valence-electron chi connectivity index (χ0n) is 10.2. The SMILES string of the molecule is Nc1cc(Br)c(F)c(S(=O)(=O)Nc2cc(F)cc(Cl)c2)c1. The van der Waals surface area contributed by atoms with Crippen LogP contribution in [0.5, 0.6) is 0 Å². The predicted octanol–water partition coefficient (Wildman–Crippen LogP) is 3.76. The van der Waals surface area contributed by atoms with E-state index in [1.165, 1.54) is 12.1 Å². The molecule has 0 amide bonds. The maximum Gasteiger partial charge on any atom is 0.264 e. The Morgan fingerprint density at radius 1 is 1.14 bits per heavy atom. The second-order valence-electron chi connectivity index (χ2n) is 4.08. The fourth-order valence-corrected chi connectivity index (χ4v) is 3.61. The van der Waals surface area contributed by atoms with E-state index in [9.17, 15) is 17.2 Å². The summed E-state index contributed by atoms with van der Waals surface area (Å²) in [7, 11) is -4.28. The molecule has 0 heterocycles. The number of benzene rings is 2. The number of nitrogens with two attached hydrogens (primary N) is 1. The molecule has 2 aromatic rings. The van der Waals surface area contributed by atoms with Crippen LogP contribution in [-0.2, 0) is 10.0 Å². The van der Waals surface area contributed by atoms with E-state index in [1.54, 1.807) is 0 Å². The first kappa shape index (κ1) is 16.0. The number of hydrogen-bond donors (Lipinski definition) is 2. The lowest BCUT2D eigenvalue weighted by molar-refractivity contribution is 0.567. The van der Waals surface area contributed by atoms with Crippen LogP contribution in [0.1, 0.15) is 0 Å². The molecule has 0 bridgehead atoms. The molecule has 0 fully saturated rings. The average Bonchev–Trinajstić information content (AvgIpc) is 2.31. The topological polar surface area (TPSA) is 72.2 Å². The van der Waals surface area contributed by atoms with Gasteiger partial charge in [0.1, 0.15) is 10.7 Å². The minimum absolute atomic E-state index is 0.00179. The summed E-state index contributed by atoms with van der Waals surface area (Å²) < 4.78 is 53.4. The highest BCUT2D eigenvalue weighted by molar-refractivity contribution is 9.10. The monoisotopic (exact) mass is 396 g/mol. The molecule has 2 aromatic carbocycles. The lowest BCUT2D eigenvalue weighted by Crippen LogP contribution is -2.15. The van der Waals surface area contributed by atoms with Gasteiger partial charge < -0.3 is 5.73 Å². The molecule has 0 unspecified atom stereocenters. The van der Waals surface area contributed by atoms with Crippen molar-refractivity contribution in [3.63, 3.8) is 0 Å². The molecule has 0 aliphatic carbocycles. The van der Waals surface area contributed by atoms with Crippen LogP contribution in [0, 0.1) is 11.6 Å². The van der Waals surface area contributed by atoms with Crippen molar-refractivity contribution in [2.45, 2.75) is 4.90 Å². The molecule has 4 nitrogen and oxygen atoms in total. The van der Waals surface area contributed by atoms with E-state index in [0.717, 1.165) is 18.2 Å². The standard InChI is InChI=1S/C12H8BrClF2N2O2S/c13-10-4-8(17)5-11(12(10)16)21(19,20)18-9-2-6(14)1-7(15)3-9/h1-5,18H,17H2. The van der Waals surface area contributed by atoms with Crippen molar-refractivity contribution >= 4 is 48.9 Å². The number of rotatable bonds is 3. The lowest BCUT2D eigenvalue weighted by atomic mass is 10.3. The van der Waals surface area contributed by atoms with Gasteiger partial charge in [-0.05, 0) is 46.3 Å². The van der Waals surface area contributed by atoms with E-state index in [4.69, 9.17) is 17.3 Å². The van der Waals surface area contributed by atoms with Crippen LogP contribution in [0.2, 0.25) is 5.02 Å². The van der Waals surface area contributed by atoms with Gasteiger partial charge in [0.15, 0.2) is 5.82 Å². The van der Waals surface area contributed by atoms with Gasteiger partial charge >= 0.3 is 0 Å². The Morgan fingerprint density at radius 2 is 1.81 bits per heavy atom. The molecule has 21 heavy (non-hydrogen) atoms. The molecule has 112 valence electrons. The van der Waals surface area contributed by atoms with Crippen LogP contribution in [0.3, 0.4) is 0 Å². The Kier molecular flexibility index (Phi) is 4.40. The van der Waals surface area contributed by atoms with Crippen molar-refractivity contribution < 1.29 is 17.2 Å². The van der Waals surface area contributed by atoms with Gasteiger partial charge in [0.05, 0.1) is 10.2 Å². The summed E-state index contributed by atoms with van der Waals surface area (Å²) in [5, 5.41) is 0.00179. The van der Waals surface area contributed by atoms with E-state index >= 15 is 0 Å². The van der Waals surface area contributed by atoms with Crippen LogP contribution in [-0.4, -0.2) is 8.42 Å². The summed E-state index contributed by atoms with van der Waals surface area (Å²) >= 11 is 8.50. The van der Waals surface area contributed by atoms with E-state index in [1.807, 2.05) is 4.72 Å². The van der Waals surface area contributed by atoms with Gasteiger partial charge in [0.25, 0.3) is 10.0 Å². The highest BCUT2D eigenvalue weighted by Crippen LogP contribution is 2.28. The number of halogens is 4. The number of nitrogens with one attached hydrogen (secondary N) is 1. The fourth-order valence-electron chi connectivity index (χ4n) is 1.60. The third-order valence-corrected chi connectivity index (χ3v) is 4.60. The smallest absolute Gasteiger partial charge is 0.264 e. The van der Waals surface area contributed by atoms with Crippen molar-refractivity contribution in [2.24, 2.45) is 0 Å². The van der Waals surface area contributed by atoms with E-state index in [-0.39, 0.29) is 20.9 Å². The summed E-state index contributed by atoms with van der Waals surface area (Å²) in [6.07, 6.45) is 0. The second-order valence-corrected chi connectivity index (χ2v) is 7.02. The summed E-state index contributed by atoms with van der Waals surface area (Å²) in [5.74, 6) is -1.73. The fraction of sp³-hybridized carbons (Fsp3) is 0. The Hall–Kier alpha value is -1.38. The summed E-state index contributed by atoms with van der Waals surface area (Å²) in [6, 6.07) is 5.32. The van der Waals surface area contributed by atoms with Gasteiger partial charge in [-0.25, -0.2) is 17.2 Å². The van der Waals surface area contributed by atoms with Gasteiger partial charge in [-0.1, -0.05) is 11.6 Å². The molecule has 0 atom stereocenters. The van der Waals surface area contributed by atoms with Gasteiger partial charge in [-0.2, -0.15) is 0 Å². The lowest BCUT2D eigenvalue weighted by Gasteiger charge is -2.11. The molecule has 3 N–H and O–H groups in total. The first-order chi connectivity index (χ1) is 9.69. The number of hydrogen-bond acceptors (Lipinski definition) is 3. The molecule has 0 aromatic heterocycles. The highest BCUT2D eigenvalue weighted by Gasteiger charge is 2.22. The molecule has 0 saturated heterocycles. The summed E-state index contributed by atoms with van der Waals surface area (Å²) in [4.78, 5) is -0.658. The van der Waals surface area contributed by atoms with Crippen molar-refractivity contribution in [1.29, 1.82) is 0 Å². The summed E-state index contributed by atoms with van der Waals surface area (Å²) in [5.41, 5.74) is 5.43. The van der Waals surface area contributed by atoms with Gasteiger partial charge in [-0.15, -0.1) is 0 Å². The maximum atomic E-state index is 13.9. The normalized spacial score (nSPS) is 11.4. The van der Waals surface area contributed by atoms with Gasteiger partial charge in [0, 0.05) is 10.7 Å². The zero-order chi connectivity index (χ0) is 15.8. The van der Waals surface area contributed by atoms with Crippen LogP contribution in [0.15, 0.2) is 39.7 Å². The molecule has 0 saturated carbocycles. The third-order valence-electron chi connectivity index (χ3n) is 2.42.